The highest BCUT2D eigenvalue weighted by Gasteiger charge is 2.33. The van der Waals surface area contributed by atoms with Crippen LogP contribution < -0.4 is 26.4 Å². The van der Waals surface area contributed by atoms with Crippen LogP contribution in [0.2, 0.25) is 5.02 Å². The van der Waals surface area contributed by atoms with Gasteiger partial charge in [-0.2, -0.15) is 13.4 Å². The maximum atomic E-state index is 13.0. The van der Waals surface area contributed by atoms with E-state index >= 15 is 0 Å². The van der Waals surface area contributed by atoms with Gasteiger partial charge in [-0.3, -0.25) is 9.69 Å². The maximum absolute atomic E-state index is 13.0. The summed E-state index contributed by atoms with van der Waals surface area (Å²) in [5.74, 6) is 0.329. The topological polar surface area (TPSA) is 152 Å². The average Bonchev–Trinajstić information content (AvgIpc) is 2.82. The van der Waals surface area contributed by atoms with Crippen molar-refractivity contribution in [1.29, 1.82) is 0 Å². The van der Waals surface area contributed by atoms with Crippen LogP contribution in [-0.4, -0.2) is 31.9 Å². The third-order valence-electron chi connectivity index (χ3n) is 5.57. The fourth-order valence-electron chi connectivity index (χ4n) is 3.81. The van der Waals surface area contributed by atoms with E-state index in [0.29, 0.717) is 27.7 Å². The second kappa shape index (κ2) is 10.3. The number of rotatable bonds is 7. The lowest BCUT2D eigenvalue weighted by Crippen LogP contribution is -2.54. The van der Waals surface area contributed by atoms with Gasteiger partial charge in [-0.05, 0) is 74.0 Å². The summed E-state index contributed by atoms with van der Waals surface area (Å²) in [5.41, 5.74) is 13.2. The molecule has 0 aliphatic carbocycles. The van der Waals surface area contributed by atoms with Crippen LogP contribution >= 0.6 is 11.6 Å². The Balaban J connectivity index is 1.38. The number of ether oxygens (including phenoxy) is 1. The quantitative estimate of drug-likeness (QED) is 0.370. The minimum atomic E-state index is -4.80. The van der Waals surface area contributed by atoms with Crippen molar-refractivity contribution < 1.29 is 21.8 Å². The monoisotopic (exact) mass is 558 g/mol. The maximum Gasteiger partial charge on any atom is 0.332 e. The zero-order valence-corrected chi connectivity index (χ0v) is 21.9. The number of nitrogens with one attached hydrogen (secondary N) is 1. The summed E-state index contributed by atoms with van der Waals surface area (Å²) in [6.45, 7) is 3.89. The van der Waals surface area contributed by atoms with Crippen LogP contribution in [0.15, 0.2) is 81.6 Å². The van der Waals surface area contributed by atoms with Crippen LogP contribution in [0.1, 0.15) is 29.8 Å². The highest BCUT2D eigenvalue weighted by atomic mass is 35.5. The van der Waals surface area contributed by atoms with Gasteiger partial charge in [0.2, 0.25) is 11.9 Å². The van der Waals surface area contributed by atoms with Gasteiger partial charge < -0.3 is 21.5 Å². The Bertz CT molecular complexity index is 1540. The SMILES string of the molecule is CC1(C)N=C(N)N=C(N)N1c1ccc(OCc2ccc(C(=O)Nc3ccc(S(=O)(=O)F)cc3)cc2)c(Cl)c1. The van der Waals surface area contributed by atoms with E-state index < -0.39 is 26.7 Å². The molecule has 0 fully saturated rings. The van der Waals surface area contributed by atoms with Crippen molar-refractivity contribution in [3.63, 3.8) is 0 Å². The molecule has 0 radical (unpaired) electrons. The Labute approximate surface area is 224 Å². The fraction of sp³-hybridized carbons (Fsp3) is 0.160. The predicted octanol–water partition coefficient (Wildman–Crippen LogP) is 4.02. The first kappa shape index (κ1) is 26.9. The van der Waals surface area contributed by atoms with Gasteiger partial charge in [0.25, 0.3) is 5.91 Å². The van der Waals surface area contributed by atoms with E-state index in [4.69, 9.17) is 27.8 Å². The van der Waals surface area contributed by atoms with Gasteiger partial charge in [-0.25, -0.2) is 4.99 Å². The number of nitrogens with two attached hydrogens (primary N) is 2. The summed E-state index contributed by atoms with van der Waals surface area (Å²) in [4.78, 5) is 22.1. The van der Waals surface area contributed by atoms with Crippen molar-refractivity contribution in [2.75, 3.05) is 10.2 Å². The smallest absolute Gasteiger partial charge is 0.332 e. The van der Waals surface area contributed by atoms with E-state index in [1.54, 1.807) is 47.4 Å². The van der Waals surface area contributed by atoms with Gasteiger partial charge >= 0.3 is 10.2 Å². The Hall–Kier alpha value is -4.16. The molecule has 1 heterocycles. The van der Waals surface area contributed by atoms with Crippen LogP contribution in [0, 0.1) is 0 Å². The first-order chi connectivity index (χ1) is 17.8. The zero-order chi connectivity index (χ0) is 27.7. The number of hydrogen-bond donors (Lipinski definition) is 3. The number of carbonyl (C=O) groups excluding carboxylic acids is 1. The van der Waals surface area contributed by atoms with Crippen molar-refractivity contribution in [2.24, 2.45) is 21.5 Å². The Morgan fingerprint density at radius 1 is 1.08 bits per heavy atom. The second-order valence-corrected chi connectivity index (χ2v) is 10.5. The molecule has 4 rings (SSSR count). The van der Waals surface area contributed by atoms with Crippen LogP contribution in [0.25, 0.3) is 0 Å². The standard InChI is InChI=1S/C25H24ClFN6O4S/c1-25(2)32-23(28)31-24(29)33(25)18-9-12-21(20(26)13-18)37-14-15-3-5-16(6-4-15)22(34)30-17-7-10-19(11-8-17)38(27,35)36/h3-13H,14H2,1-2H3,(H,30,34)(H4,28,29,31,32). The predicted molar refractivity (Wildman–Crippen MR) is 145 cm³/mol. The van der Waals surface area contributed by atoms with Gasteiger partial charge in [0.15, 0.2) is 0 Å². The summed E-state index contributed by atoms with van der Waals surface area (Å²) in [6.07, 6.45) is 0. The number of anilines is 2. The van der Waals surface area contributed by atoms with Gasteiger partial charge in [0, 0.05) is 16.9 Å². The summed E-state index contributed by atoms with van der Waals surface area (Å²) < 4.78 is 40.7. The van der Waals surface area contributed by atoms with Crippen molar-refractivity contribution in [3.05, 3.63) is 82.9 Å². The van der Waals surface area contributed by atoms with E-state index in [1.165, 1.54) is 12.1 Å². The normalized spacial score (nSPS) is 14.9. The average molecular weight is 559 g/mol. The van der Waals surface area contributed by atoms with Crippen LogP contribution in [-0.2, 0) is 16.8 Å². The number of benzene rings is 3. The molecule has 10 nitrogen and oxygen atoms in total. The molecule has 0 bridgehead atoms. The van der Waals surface area contributed by atoms with E-state index in [2.05, 4.69) is 15.3 Å². The lowest BCUT2D eigenvalue weighted by atomic mass is 10.1. The number of amides is 1. The Morgan fingerprint density at radius 2 is 1.74 bits per heavy atom. The molecule has 198 valence electrons. The summed E-state index contributed by atoms with van der Waals surface area (Å²) >= 11 is 6.46. The molecule has 0 spiro atoms. The number of halogens is 2. The van der Waals surface area contributed by atoms with E-state index in [9.17, 15) is 17.1 Å². The van der Waals surface area contributed by atoms with Crippen molar-refractivity contribution in [2.45, 2.75) is 31.0 Å². The van der Waals surface area contributed by atoms with Crippen molar-refractivity contribution in [1.82, 2.24) is 0 Å². The minimum Gasteiger partial charge on any atom is -0.487 e. The molecule has 0 saturated heterocycles. The highest BCUT2D eigenvalue weighted by Crippen LogP contribution is 2.34. The molecule has 38 heavy (non-hydrogen) atoms. The summed E-state index contributed by atoms with van der Waals surface area (Å²) in [5, 5.41) is 2.98. The molecule has 1 aliphatic heterocycles. The third kappa shape index (κ3) is 6.03. The first-order valence-electron chi connectivity index (χ1n) is 11.2. The molecular weight excluding hydrogens is 535 g/mol. The Kier molecular flexibility index (Phi) is 7.29. The number of hydrogen-bond acceptors (Lipinski definition) is 9. The lowest BCUT2D eigenvalue weighted by Gasteiger charge is -2.38. The second-order valence-electron chi connectivity index (χ2n) is 8.79. The molecule has 0 unspecified atom stereocenters. The number of aliphatic imine (C=N–C) groups is 2. The molecule has 5 N–H and O–H groups in total. The molecule has 3 aromatic rings. The first-order valence-corrected chi connectivity index (χ1v) is 13.0. The van der Waals surface area contributed by atoms with Gasteiger partial charge in [0.05, 0.1) is 9.92 Å². The highest BCUT2D eigenvalue weighted by molar-refractivity contribution is 7.86. The lowest BCUT2D eigenvalue weighted by molar-refractivity contribution is 0.102. The Morgan fingerprint density at radius 3 is 2.32 bits per heavy atom. The van der Waals surface area contributed by atoms with Crippen molar-refractivity contribution >= 4 is 51.0 Å². The van der Waals surface area contributed by atoms with Crippen LogP contribution in [0.4, 0.5) is 15.3 Å². The van der Waals surface area contributed by atoms with Gasteiger partial charge in [-0.1, -0.05) is 23.7 Å². The van der Waals surface area contributed by atoms with Crippen LogP contribution in [0.5, 0.6) is 5.75 Å². The van der Waals surface area contributed by atoms with E-state index in [1.807, 2.05) is 13.8 Å². The molecule has 0 aromatic heterocycles. The molecule has 3 aromatic carbocycles. The molecule has 13 heteroatoms. The fourth-order valence-corrected chi connectivity index (χ4v) is 4.51. The summed E-state index contributed by atoms with van der Waals surface area (Å²) in [7, 11) is -4.80. The molecule has 0 saturated carbocycles. The number of nitrogens with zero attached hydrogens (tertiary/aromatic N) is 3. The number of carbonyl (C=O) groups is 1. The largest absolute Gasteiger partial charge is 0.487 e. The molecule has 1 aliphatic rings. The van der Waals surface area contributed by atoms with Crippen LogP contribution in [0.3, 0.4) is 0 Å². The number of guanidine groups is 2. The van der Waals surface area contributed by atoms with E-state index in [-0.39, 0.29) is 18.5 Å². The minimum absolute atomic E-state index is 0.100. The molecule has 1 amide bonds. The third-order valence-corrected chi connectivity index (χ3v) is 6.70. The molecular formula is C25H24ClFN6O4S. The van der Waals surface area contributed by atoms with E-state index in [0.717, 1.165) is 17.7 Å². The van der Waals surface area contributed by atoms with Gasteiger partial charge in [0.1, 0.15) is 18.0 Å². The summed E-state index contributed by atoms with van der Waals surface area (Å²) in [6, 6.07) is 16.6. The zero-order valence-electron chi connectivity index (χ0n) is 20.4. The van der Waals surface area contributed by atoms with Crippen molar-refractivity contribution in [3.8, 4) is 5.75 Å². The molecule has 0 atom stereocenters. The van der Waals surface area contributed by atoms with Gasteiger partial charge in [-0.15, -0.1) is 3.89 Å².